The molecule has 2 saturated heterocycles. The molecule has 0 aromatic carbocycles. The van der Waals surface area contributed by atoms with Crippen LogP contribution >= 0.6 is 27.3 Å². The number of fused-ring (bicyclic) bond motifs is 2. The van der Waals surface area contributed by atoms with Gasteiger partial charge in [-0.05, 0) is 66.0 Å². The Bertz CT molecular complexity index is 348. The minimum atomic E-state index is 0.813. The lowest BCUT2D eigenvalue weighted by molar-refractivity contribution is 0.162. The maximum atomic E-state index is 3.67. The fourth-order valence-electron chi connectivity index (χ4n) is 3.22. The molecule has 0 saturated carbocycles. The van der Waals surface area contributed by atoms with Crippen molar-refractivity contribution >= 4 is 27.3 Å². The first kappa shape index (κ1) is 10.3. The number of hydrogen-bond acceptors (Lipinski definition) is 2. The van der Waals surface area contributed by atoms with E-state index in [-0.39, 0.29) is 0 Å². The van der Waals surface area contributed by atoms with E-state index < -0.39 is 0 Å². The molecule has 2 bridgehead atoms. The molecule has 3 rings (SSSR count). The highest BCUT2D eigenvalue weighted by molar-refractivity contribution is 9.10. The third-order valence-corrected chi connectivity index (χ3v) is 6.15. The molecule has 15 heavy (non-hydrogen) atoms. The highest BCUT2D eigenvalue weighted by atomic mass is 79.9. The summed E-state index contributed by atoms with van der Waals surface area (Å²) in [5.41, 5.74) is 0. The van der Waals surface area contributed by atoms with Gasteiger partial charge in [-0.3, -0.25) is 0 Å². The third-order valence-electron chi connectivity index (χ3n) is 4.11. The lowest BCUT2D eigenvalue weighted by atomic mass is 9.90. The zero-order valence-corrected chi connectivity index (χ0v) is 11.4. The van der Waals surface area contributed by atoms with Crippen molar-refractivity contribution in [3.63, 3.8) is 0 Å². The zero-order valence-electron chi connectivity index (χ0n) is 8.95. The molecule has 0 amide bonds. The molecule has 1 nitrogen and oxygen atoms in total. The molecule has 82 valence electrons. The molecule has 1 aromatic heterocycles. The number of rotatable bonds is 1. The molecule has 1 aromatic rings. The van der Waals surface area contributed by atoms with Gasteiger partial charge in [0, 0.05) is 21.4 Å². The summed E-state index contributed by atoms with van der Waals surface area (Å²) >= 11 is 5.60. The zero-order chi connectivity index (χ0) is 10.4. The fourth-order valence-corrected chi connectivity index (χ4v) is 5.05. The second kappa shape index (κ2) is 3.86. The van der Waals surface area contributed by atoms with Crippen LogP contribution < -0.4 is 0 Å². The van der Waals surface area contributed by atoms with Crippen LogP contribution in [0.15, 0.2) is 15.9 Å². The number of piperidine rings is 1. The molecular weight excluding hydrogens is 270 g/mol. The first-order chi connectivity index (χ1) is 7.25. The Balaban J connectivity index is 1.84. The van der Waals surface area contributed by atoms with Crippen LogP contribution in [-0.4, -0.2) is 24.0 Å². The molecule has 2 aliphatic heterocycles. The van der Waals surface area contributed by atoms with Crippen LogP contribution in [0, 0.1) is 0 Å². The van der Waals surface area contributed by atoms with Gasteiger partial charge in [0.15, 0.2) is 0 Å². The molecule has 0 spiro atoms. The maximum Gasteiger partial charge on any atom is 0.0317 e. The van der Waals surface area contributed by atoms with Crippen molar-refractivity contribution in [1.82, 2.24) is 4.90 Å². The molecule has 2 atom stereocenters. The van der Waals surface area contributed by atoms with Gasteiger partial charge < -0.3 is 4.90 Å². The molecule has 2 unspecified atom stereocenters. The number of hydrogen-bond donors (Lipinski definition) is 0. The van der Waals surface area contributed by atoms with Crippen molar-refractivity contribution in [3.8, 4) is 0 Å². The van der Waals surface area contributed by atoms with Crippen LogP contribution in [0.2, 0.25) is 0 Å². The summed E-state index contributed by atoms with van der Waals surface area (Å²) in [7, 11) is 2.31. The van der Waals surface area contributed by atoms with E-state index in [9.17, 15) is 0 Å². The Kier molecular flexibility index (Phi) is 2.65. The van der Waals surface area contributed by atoms with E-state index in [1.165, 1.54) is 30.2 Å². The van der Waals surface area contributed by atoms with E-state index in [2.05, 4.69) is 39.3 Å². The molecule has 2 aliphatic rings. The Morgan fingerprint density at radius 3 is 2.53 bits per heavy atom. The van der Waals surface area contributed by atoms with Crippen LogP contribution in [0.3, 0.4) is 0 Å². The van der Waals surface area contributed by atoms with Crippen LogP contribution in [0.5, 0.6) is 0 Å². The monoisotopic (exact) mass is 285 g/mol. The summed E-state index contributed by atoms with van der Waals surface area (Å²) in [6.45, 7) is 0. The molecule has 2 fully saturated rings. The lowest BCUT2D eigenvalue weighted by Crippen LogP contribution is -2.38. The second-order valence-corrected chi connectivity index (χ2v) is 6.65. The maximum absolute atomic E-state index is 3.67. The van der Waals surface area contributed by atoms with E-state index in [1.54, 1.807) is 4.88 Å². The molecule has 3 heteroatoms. The lowest BCUT2D eigenvalue weighted by Gasteiger charge is -2.36. The number of halogens is 1. The Morgan fingerprint density at radius 1 is 1.33 bits per heavy atom. The average molecular weight is 286 g/mol. The third kappa shape index (κ3) is 1.69. The van der Waals surface area contributed by atoms with Gasteiger partial charge >= 0.3 is 0 Å². The van der Waals surface area contributed by atoms with Gasteiger partial charge in [-0.25, -0.2) is 0 Å². The highest BCUT2D eigenvalue weighted by Gasteiger charge is 2.39. The fraction of sp³-hybridized carbons (Fsp3) is 0.667. The van der Waals surface area contributed by atoms with Gasteiger partial charge in [-0.15, -0.1) is 11.3 Å². The normalized spacial score (nSPS) is 36.0. The Labute approximate surface area is 104 Å². The van der Waals surface area contributed by atoms with Gasteiger partial charge in [0.05, 0.1) is 0 Å². The van der Waals surface area contributed by atoms with Gasteiger partial charge in [-0.1, -0.05) is 0 Å². The minimum absolute atomic E-state index is 0.813. The smallest absolute Gasteiger partial charge is 0.0317 e. The van der Waals surface area contributed by atoms with Crippen LogP contribution in [0.4, 0.5) is 0 Å². The summed E-state index contributed by atoms with van der Waals surface area (Å²) in [5.74, 6) is 0.813. The van der Waals surface area contributed by atoms with Crippen molar-refractivity contribution < 1.29 is 0 Å². The van der Waals surface area contributed by atoms with E-state index in [0.717, 1.165) is 18.0 Å². The van der Waals surface area contributed by atoms with Crippen molar-refractivity contribution in [2.24, 2.45) is 0 Å². The largest absolute Gasteiger partial charge is 0.300 e. The second-order valence-electron chi connectivity index (χ2n) is 4.85. The van der Waals surface area contributed by atoms with E-state index >= 15 is 0 Å². The summed E-state index contributed by atoms with van der Waals surface area (Å²) in [6, 6.07) is 3.89. The summed E-state index contributed by atoms with van der Waals surface area (Å²) < 4.78 is 1.33. The van der Waals surface area contributed by atoms with Gasteiger partial charge in [-0.2, -0.15) is 0 Å². The van der Waals surface area contributed by atoms with Crippen LogP contribution in [0.25, 0.3) is 0 Å². The first-order valence-electron chi connectivity index (χ1n) is 5.70. The topological polar surface area (TPSA) is 3.24 Å². The van der Waals surface area contributed by atoms with E-state index in [0.29, 0.717) is 0 Å². The first-order valence-corrected chi connectivity index (χ1v) is 7.38. The minimum Gasteiger partial charge on any atom is -0.300 e. The SMILES string of the molecule is CN1C2CCC1CC(c1sccc1Br)C2. The van der Waals surface area contributed by atoms with Crippen LogP contribution in [0.1, 0.15) is 36.5 Å². The Hall–Kier alpha value is 0.140. The van der Waals surface area contributed by atoms with Crippen molar-refractivity contribution in [1.29, 1.82) is 0 Å². The van der Waals surface area contributed by atoms with Gasteiger partial charge in [0.1, 0.15) is 0 Å². The summed E-state index contributed by atoms with van der Waals surface area (Å²) in [6.07, 6.45) is 5.57. The molecule has 0 aliphatic carbocycles. The van der Waals surface area contributed by atoms with E-state index in [1.807, 2.05) is 11.3 Å². The van der Waals surface area contributed by atoms with Crippen molar-refractivity contribution in [2.45, 2.75) is 43.7 Å². The predicted molar refractivity (Wildman–Crippen MR) is 68.6 cm³/mol. The average Bonchev–Trinajstić information content (AvgIpc) is 2.70. The molecule has 0 radical (unpaired) electrons. The summed E-state index contributed by atoms with van der Waals surface area (Å²) in [4.78, 5) is 4.19. The predicted octanol–water partition coefficient (Wildman–Crippen LogP) is 3.85. The summed E-state index contributed by atoms with van der Waals surface area (Å²) in [5, 5.41) is 2.21. The number of nitrogens with zero attached hydrogens (tertiary/aromatic N) is 1. The Morgan fingerprint density at radius 2 is 2.00 bits per heavy atom. The standard InChI is InChI=1S/C12H16BrNS/c1-14-9-2-3-10(14)7-8(6-9)12-11(13)4-5-15-12/h4-5,8-10H,2-3,6-7H2,1H3. The quantitative estimate of drug-likeness (QED) is 0.758. The van der Waals surface area contributed by atoms with Crippen molar-refractivity contribution in [2.75, 3.05) is 7.05 Å². The molecule has 3 heterocycles. The number of thiophene rings is 1. The highest BCUT2D eigenvalue weighted by Crippen LogP contribution is 2.45. The molecular formula is C12H16BrNS. The van der Waals surface area contributed by atoms with Gasteiger partial charge in [0.2, 0.25) is 0 Å². The van der Waals surface area contributed by atoms with E-state index in [4.69, 9.17) is 0 Å². The molecule has 0 N–H and O–H groups in total. The van der Waals surface area contributed by atoms with Crippen LogP contribution in [-0.2, 0) is 0 Å². The van der Waals surface area contributed by atoms with Gasteiger partial charge in [0.25, 0.3) is 0 Å². The van der Waals surface area contributed by atoms with Crippen molar-refractivity contribution in [3.05, 3.63) is 20.8 Å².